The molecule has 0 bridgehead atoms. The molecule has 3 rings (SSSR count). The van der Waals surface area contributed by atoms with Gasteiger partial charge in [-0.3, -0.25) is 9.59 Å². The van der Waals surface area contributed by atoms with Crippen molar-refractivity contribution < 1.29 is 18.7 Å². The standard InChI is InChI=1S/C22H20FN3O3/c1-2-24-21(27)22(28)26-25-13-19-18-6-4-3-5-16(18)9-12-20(19)29-14-15-7-10-17(23)11-8-15/h3-13H,2,14H2,1H3,(H,24,27)(H,26,28)/b25-13-. The molecule has 0 fully saturated rings. The zero-order valence-corrected chi connectivity index (χ0v) is 15.8. The van der Waals surface area contributed by atoms with Gasteiger partial charge in [-0.15, -0.1) is 0 Å². The quantitative estimate of drug-likeness (QED) is 0.384. The monoisotopic (exact) mass is 393 g/mol. The van der Waals surface area contributed by atoms with E-state index >= 15 is 0 Å². The average Bonchev–Trinajstić information content (AvgIpc) is 2.74. The molecule has 0 aliphatic rings. The first kappa shape index (κ1) is 20.0. The van der Waals surface area contributed by atoms with E-state index in [1.807, 2.05) is 30.3 Å². The van der Waals surface area contributed by atoms with Crippen molar-refractivity contribution in [3.8, 4) is 5.75 Å². The molecule has 0 radical (unpaired) electrons. The van der Waals surface area contributed by atoms with Crippen LogP contribution < -0.4 is 15.5 Å². The molecule has 0 saturated carbocycles. The maximum absolute atomic E-state index is 13.1. The molecule has 0 saturated heterocycles. The number of benzene rings is 3. The average molecular weight is 393 g/mol. The Hall–Kier alpha value is -3.74. The number of amides is 2. The highest BCUT2D eigenvalue weighted by Crippen LogP contribution is 2.27. The summed E-state index contributed by atoms with van der Waals surface area (Å²) in [7, 11) is 0. The van der Waals surface area contributed by atoms with Crippen LogP contribution in [0, 0.1) is 5.82 Å². The van der Waals surface area contributed by atoms with Crippen LogP contribution in [0.4, 0.5) is 4.39 Å². The second-order valence-electron chi connectivity index (χ2n) is 6.17. The summed E-state index contributed by atoms with van der Waals surface area (Å²) in [5.41, 5.74) is 3.68. The predicted octanol–water partition coefficient (Wildman–Crippen LogP) is 3.14. The summed E-state index contributed by atoms with van der Waals surface area (Å²) in [6.07, 6.45) is 1.44. The molecule has 3 aromatic rings. The number of carbonyl (C=O) groups is 2. The highest BCUT2D eigenvalue weighted by molar-refractivity contribution is 6.35. The second kappa shape index (κ2) is 9.45. The minimum Gasteiger partial charge on any atom is -0.488 e. The largest absolute Gasteiger partial charge is 0.488 e. The van der Waals surface area contributed by atoms with Gasteiger partial charge in [0.1, 0.15) is 18.2 Å². The molecule has 6 nitrogen and oxygen atoms in total. The molecule has 148 valence electrons. The Labute approximate surface area is 167 Å². The van der Waals surface area contributed by atoms with Crippen LogP contribution in [0.3, 0.4) is 0 Å². The third-order valence-corrected chi connectivity index (χ3v) is 4.14. The number of carbonyl (C=O) groups excluding carboxylic acids is 2. The fourth-order valence-electron chi connectivity index (χ4n) is 2.72. The van der Waals surface area contributed by atoms with Gasteiger partial charge in [0, 0.05) is 12.1 Å². The predicted molar refractivity (Wildman–Crippen MR) is 109 cm³/mol. The van der Waals surface area contributed by atoms with E-state index < -0.39 is 11.8 Å². The number of fused-ring (bicyclic) bond motifs is 1. The lowest BCUT2D eigenvalue weighted by atomic mass is 10.0. The number of halogens is 1. The number of ether oxygens (including phenoxy) is 1. The molecule has 0 spiro atoms. The maximum atomic E-state index is 13.1. The van der Waals surface area contributed by atoms with Crippen molar-refractivity contribution in [3.63, 3.8) is 0 Å². The molecule has 0 unspecified atom stereocenters. The lowest BCUT2D eigenvalue weighted by Gasteiger charge is -2.12. The van der Waals surface area contributed by atoms with E-state index in [-0.39, 0.29) is 12.4 Å². The molecule has 29 heavy (non-hydrogen) atoms. The highest BCUT2D eigenvalue weighted by atomic mass is 19.1. The van der Waals surface area contributed by atoms with Crippen LogP contribution in [-0.2, 0) is 16.2 Å². The van der Waals surface area contributed by atoms with Gasteiger partial charge in [0.2, 0.25) is 0 Å². The van der Waals surface area contributed by atoms with Gasteiger partial charge < -0.3 is 10.1 Å². The van der Waals surface area contributed by atoms with Gasteiger partial charge in [-0.1, -0.05) is 42.5 Å². The number of hydrogen-bond donors (Lipinski definition) is 2. The molecule has 0 aliphatic carbocycles. The summed E-state index contributed by atoms with van der Waals surface area (Å²) >= 11 is 0. The Balaban J connectivity index is 1.83. The summed E-state index contributed by atoms with van der Waals surface area (Å²) < 4.78 is 19.0. The van der Waals surface area contributed by atoms with Gasteiger partial charge in [0.25, 0.3) is 0 Å². The Morgan fingerprint density at radius 1 is 1.03 bits per heavy atom. The fourth-order valence-corrected chi connectivity index (χ4v) is 2.72. The summed E-state index contributed by atoms with van der Waals surface area (Å²) in [4.78, 5) is 23.2. The van der Waals surface area contributed by atoms with Crippen LogP contribution in [-0.4, -0.2) is 24.6 Å². The van der Waals surface area contributed by atoms with E-state index in [2.05, 4.69) is 15.8 Å². The van der Waals surface area contributed by atoms with E-state index in [1.165, 1.54) is 18.3 Å². The molecule has 2 amide bonds. The number of rotatable bonds is 6. The summed E-state index contributed by atoms with van der Waals surface area (Å²) in [5, 5.41) is 8.15. The summed E-state index contributed by atoms with van der Waals surface area (Å²) in [6, 6.07) is 17.4. The van der Waals surface area contributed by atoms with Gasteiger partial charge >= 0.3 is 11.8 Å². The number of nitrogens with zero attached hydrogens (tertiary/aromatic N) is 1. The third kappa shape index (κ3) is 5.16. The fraction of sp³-hybridized carbons (Fsp3) is 0.136. The van der Waals surface area contributed by atoms with E-state index in [0.29, 0.717) is 17.9 Å². The van der Waals surface area contributed by atoms with E-state index in [4.69, 9.17) is 4.74 Å². The minimum atomic E-state index is -0.850. The second-order valence-corrected chi connectivity index (χ2v) is 6.17. The van der Waals surface area contributed by atoms with E-state index in [9.17, 15) is 14.0 Å². The highest BCUT2D eigenvalue weighted by Gasteiger charge is 2.11. The number of hydrazone groups is 1. The van der Waals surface area contributed by atoms with Crippen LogP contribution in [0.1, 0.15) is 18.1 Å². The molecule has 7 heteroatoms. The van der Waals surface area contributed by atoms with Crippen LogP contribution in [0.25, 0.3) is 10.8 Å². The number of hydrogen-bond acceptors (Lipinski definition) is 4. The Bertz CT molecular complexity index is 1050. The molecule has 0 heterocycles. The van der Waals surface area contributed by atoms with Crippen molar-refractivity contribution in [2.24, 2.45) is 5.10 Å². The third-order valence-electron chi connectivity index (χ3n) is 4.14. The van der Waals surface area contributed by atoms with Crippen molar-refractivity contribution in [1.29, 1.82) is 0 Å². The SMILES string of the molecule is CCNC(=O)C(=O)N/N=C\c1c(OCc2ccc(F)cc2)ccc2ccccc12. The van der Waals surface area contributed by atoms with Gasteiger partial charge in [0.05, 0.1) is 6.21 Å². The van der Waals surface area contributed by atoms with Gasteiger partial charge in [-0.05, 0) is 41.5 Å². The molecule has 0 atom stereocenters. The number of likely N-dealkylation sites (N-methyl/N-ethyl adjacent to an activating group) is 1. The molecular weight excluding hydrogens is 373 g/mol. The van der Waals surface area contributed by atoms with Gasteiger partial charge in [-0.25, -0.2) is 9.82 Å². The summed E-state index contributed by atoms with van der Waals surface area (Å²) in [6.45, 7) is 2.31. The normalized spacial score (nSPS) is 10.8. The van der Waals surface area contributed by atoms with Gasteiger partial charge in [0.15, 0.2) is 0 Å². The van der Waals surface area contributed by atoms with Gasteiger partial charge in [-0.2, -0.15) is 5.10 Å². The maximum Gasteiger partial charge on any atom is 0.329 e. The Morgan fingerprint density at radius 3 is 2.55 bits per heavy atom. The number of nitrogens with one attached hydrogen (secondary N) is 2. The smallest absolute Gasteiger partial charge is 0.329 e. The molecule has 3 aromatic carbocycles. The minimum absolute atomic E-state index is 0.241. The first-order valence-corrected chi connectivity index (χ1v) is 9.08. The lowest BCUT2D eigenvalue weighted by molar-refractivity contribution is -0.139. The van der Waals surface area contributed by atoms with Crippen molar-refractivity contribution in [2.45, 2.75) is 13.5 Å². The lowest BCUT2D eigenvalue weighted by Crippen LogP contribution is -2.37. The van der Waals surface area contributed by atoms with Crippen LogP contribution in [0.15, 0.2) is 65.8 Å². The zero-order chi connectivity index (χ0) is 20.6. The van der Waals surface area contributed by atoms with Crippen LogP contribution in [0.5, 0.6) is 5.75 Å². The molecule has 0 aliphatic heterocycles. The van der Waals surface area contributed by atoms with Crippen molar-refractivity contribution in [1.82, 2.24) is 10.7 Å². The van der Waals surface area contributed by atoms with Crippen LogP contribution >= 0.6 is 0 Å². The Kier molecular flexibility index (Phi) is 6.52. The first-order chi connectivity index (χ1) is 14.1. The van der Waals surface area contributed by atoms with E-state index in [0.717, 1.165) is 16.3 Å². The molecule has 2 N–H and O–H groups in total. The van der Waals surface area contributed by atoms with Crippen molar-refractivity contribution in [3.05, 3.63) is 77.6 Å². The summed E-state index contributed by atoms with van der Waals surface area (Å²) in [5.74, 6) is -1.37. The molecular formula is C22H20FN3O3. The Morgan fingerprint density at radius 2 is 1.79 bits per heavy atom. The molecule has 0 aromatic heterocycles. The van der Waals surface area contributed by atoms with Crippen molar-refractivity contribution >= 4 is 28.8 Å². The van der Waals surface area contributed by atoms with Crippen LogP contribution in [0.2, 0.25) is 0 Å². The zero-order valence-electron chi connectivity index (χ0n) is 15.8. The first-order valence-electron chi connectivity index (χ1n) is 9.08. The van der Waals surface area contributed by atoms with Crippen molar-refractivity contribution in [2.75, 3.05) is 6.54 Å². The van der Waals surface area contributed by atoms with E-state index in [1.54, 1.807) is 25.1 Å². The topological polar surface area (TPSA) is 79.8 Å².